The first-order valence-corrected chi connectivity index (χ1v) is 7.81. The molecule has 2 atom stereocenters. The molecule has 19 heavy (non-hydrogen) atoms. The van der Waals surface area contributed by atoms with Crippen molar-refractivity contribution in [1.29, 1.82) is 0 Å². The van der Waals surface area contributed by atoms with E-state index >= 15 is 0 Å². The molecule has 0 bridgehead atoms. The Labute approximate surface area is 135 Å². The van der Waals surface area contributed by atoms with Crippen LogP contribution in [0.4, 0.5) is 0 Å². The fourth-order valence-corrected chi connectivity index (χ4v) is 4.39. The Balaban J connectivity index is 2.20. The van der Waals surface area contributed by atoms with Crippen LogP contribution >= 0.6 is 58.2 Å². The number of carbonyl (C=O) groups excluding carboxylic acids is 2. The molecule has 0 aromatic rings. The van der Waals surface area contributed by atoms with E-state index < -0.39 is 26.1 Å². The van der Waals surface area contributed by atoms with Crippen LogP contribution in [0.15, 0.2) is 0 Å². The lowest BCUT2D eigenvalue weighted by atomic mass is 9.97. The lowest BCUT2D eigenvalue weighted by Gasteiger charge is -2.43. The number of hydrogen-bond acceptors (Lipinski definition) is 4. The molecule has 2 saturated heterocycles. The van der Waals surface area contributed by atoms with Gasteiger partial charge < -0.3 is 9.64 Å². The van der Waals surface area contributed by atoms with Gasteiger partial charge in [0.25, 0.3) is 0 Å². The summed E-state index contributed by atoms with van der Waals surface area (Å²) in [6.45, 7) is 3.15. The highest BCUT2D eigenvalue weighted by atomic mass is 35.6. The molecule has 2 heterocycles. The van der Waals surface area contributed by atoms with Crippen LogP contribution in [0.25, 0.3) is 0 Å². The first-order chi connectivity index (χ1) is 8.49. The van der Waals surface area contributed by atoms with Crippen molar-refractivity contribution in [1.82, 2.24) is 4.90 Å². The largest absolute Gasteiger partial charge is 0.458 e. The predicted octanol–water partition coefficient (Wildman–Crippen LogP) is 2.92. The molecular formula is C10H11Cl4NO3S. The van der Waals surface area contributed by atoms with Crippen LogP contribution in [0.2, 0.25) is 0 Å². The maximum Gasteiger partial charge on any atom is 0.349 e. The lowest BCUT2D eigenvalue weighted by molar-refractivity contribution is -0.164. The number of esters is 1. The Bertz CT molecular complexity index is 439. The quantitative estimate of drug-likeness (QED) is 0.326. The highest BCUT2D eigenvalue weighted by molar-refractivity contribution is 8.01. The third-order valence-electron chi connectivity index (χ3n) is 3.10. The molecule has 2 fully saturated rings. The van der Waals surface area contributed by atoms with Crippen LogP contribution in [0.5, 0.6) is 0 Å². The molecule has 0 spiro atoms. The molecule has 2 aliphatic heterocycles. The minimum absolute atomic E-state index is 0.0969. The van der Waals surface area contributed by atoms with Gasteiger partial charge in [-0.3, -0.25) is 4.79 Å². The zero-order valence-corrected chi connectivity index (χ0v) is 13.9. The van der Waals surface area contributed by atoms with Gasteiger partial charge in [0.15, 0.2) is 0 Å². The zero-order chi connectivity index (χ0) is 14.6. The van der Waals surface area contributed by atoms with Crippen molar-refractivity contribution in [3.63, 3.8) is 0 Å². The van der Waals surface area contributed by atoms with Crippen molar-refractivity contribution in [2.75, 3.05) is 6.61 Å². The van der Waals surface area contributed by atoms with E-state index in [1.807, 2.05) is 0 Å². The number of carbonyl (C=O) groups is 2. The number of thioether (sulfide) groups is 1. The van der Waals surface area contributed by atoms with Crippen LogP contribution in [-0.2, 0) is 14.3 Å². The first kappa shape index (κ1) is 15.8. The van der Waals surface area contributed by atoms with Crippen molar-refractivity contribution < 1.29 is 14.3 Å². The Morgan fingerprint density at radius 3 is 2.58 bits per heavy atom. The normalized spacial score (nSPS) is 32.8. The van der Waals surface area contributed by atoms with Gasteiger partial charge in [-0.2, -0.15) is 0 Å². The second-order valence-corrected chi connectivity index (χ2v) is 9.73. The van der Waals surface area contributed by atoms with E-state index in [1.54, 1.807) is 13.8 Å². The Morgan fingerprint density at radius 1 is 1.53 bits per heavy atom. The Hall–Kier alpha value is 0.450. The summed E-state index contributed by atoms with van der Waals surface area (Å²) in [5.41, 5.74) is 0. The van der Waals surface area contributed by atoms with Crippen molar-refractivity contribution in [3.8, 4) is 0 Å². The summed E-state index contributed by atoms with van der Waals surface area (Å²) >= 11 is 24.5. The van der Waals surface area contributed by atoms with Gasteiger partial charge in [0.05, 0.1) is 16.5 Å². The summed E-state index contributed by atoms with van der Waals surface area (Å²) in [6, 6.07) is 0. The monoisotopic (exact) mass is 365 g/mol. The highest BCUT2D eigenvalue weighted by Crippen LogP contribution is 2.58. The van der Waals surface area contributed by atoms with Crippen LogP contribution in [0, 0.1) is 0 Å². The van der Waals surface area contributed by atoms with E-state index in [0.717, 1.165) is 0 Å². The SMILES string of the molecule is CC1(C)S[C@@H]2CC(=O)N2[C@@]1(Cl)C(=O)OCC(Cl)(Cl)Cl. The predicted molar refractivity (Wildman–Crippen MR) is 76.8 cm³/mol. The standard InChI is InChI=1S/C10H11Cl4NO3S/c1-8(2)10(14,7(17)18-4-9(11,12)13)15-5(16)3-6(15)19-8/h6H,3-4H2,1-2H3/t6-,10+/m1/s1. The van der Waals surface area contributed by atoms with Crippen LogP contribution in [0.1, 0.15) is 20.3 Å². The molecule has 0 aliphatic carbocycles. The molecule has 2 aliphatic rings. The Morgan fingerprint density at radius 2 is 2.11 bits per heavy atom. The maximum absolute atomic E-state index is 12.2. The van der Waals surface area contributed by atoms with Crippen molar-refractivity contribution in [2.45, 2.75) is 39.2 Å². The topological polar surface area (TPSA) is 46.6 Å². The summed E-state index contributed by atoms with van der Waals surface area (Å²) in [6.07, 6.45) is 0.375. The van der Waals surface area contributed by atoms with E-state index in [4.69, 9.17) is 51.1 Å². The van der Waals surface area contributed by atoms with Crippen LogP contribution in [-0.4, -0.2) is 42.3 Å². The number of amides is 1. The zero-order valence-electron chi connectivity index (χ0n) is 10.1. The van der Waals surface area contributed by atoms with Crippen LogP contribution in [0.3, 0.4) is 0 Å². The maximum atomic E-state index is 12.2. The second-order valence-electron chi connectivity index (χ2n) is 4.86. The smallest absolute Gasteiger partial charge is 0.349 e. The molecule has 0 aromatic heterocycles. The number of β-lactam (4-membered cyclic amide) rings is 1. The highest BCUT2D eigenvalue weighted by Gasteiger charge is 2.69. The molecule has 1 amide bonds. The number of ether oxygens (including phenoxy) is 1. The van der Waals surface area contributed by atoms with E-state index in [-0.39, 0.29) is 11.3 Å². The lowest BCUT2D eigenvalue weighted by Crippen LogP contribution is -2.64. The summed E-state index contributed by atoms with van der Waals surface area (Å²) in [4.78, 5) is 23.7. The fraction of sp³-hybridized carbons (Fsp3) is 0.800. The number of fused-ring (bicyclic) bond motifs is 1. The van der Waals surface area contributed by atoms with E-state index in [2.05, 4.69) is 0 Å². The van der Waals surface area contributed by atoms with E-state index in [0.29, 0.717) is 6.42 Å². The molecule has 0 aromatic carbocycles. The van der Waals surface area contributed by atoms with Crippen molar-refractivity contribution in [2.24, 2.45) is 0 Å². The third-order valence-corrected chi connectivity index (χ3v) is 5.89. The summed E-state index contributed by atoms with van der Waals surface area (Å²) < 4.78 is 2.56. The van der Waals surface area contributed by atoms with Gasteiger partial charge in [0.2, 0.25) is 14.7 Å². The molecule has 0 N–H and O–H groups in total. The average Bonchev–Trinajstić information content (AvgIpc) is 2.38. The fourth-order valence-electron chi connectivity index (χ4n) is 2.15. The molecule has 4 nitrogen and oxygen atoms in total. The van der Waals surface area contributed by atoms with Gasteiger partial charge in [-0.05, 0) is 13.8 Å². The molecular weight excluding hydrogens is 356 g/mol. The van der Waals surface area contributed by atoms with E-state index in [1.165, 1.54) is 16.7 Å². The molecule has 9 heteroatoms. The minimum atomic E-state index is -1.71. The van der Waals surface area contributed by atoms with Gasteiger partial charge in [0, 0.05) is 0 Å². The number of nitrogens with zero attached hydrogens (tertiary/aromatic N) is 1. The summed E-state index contributed by atoms with van der Waals surface area (Å²) in [5, 5.41) is -0.0969. The minimum Gasteiger partial charge on any atom is -0.458 e. The molecule has 2 rings (SSSR count). The van der Waals surface area contributed by atoms with E-state index in [9.17, 15) is 9.59 Å². The van der Waals surface area contributed by atoms with Gasteiger partial charge >= 0.3 is 5.97 Å². The Kier molecular flexibility index (Phi) is 3.94. The number of halogens is 4. The van der Waals surface area contributed by atoms with Gasteiger partial charge in [-0.1, -0.05) is 46.4 Å². The first-order valence-electron chi connectivity index (χ1n) is 5.42. The van der Waals surface area contributed by atoms with Crippen molar-refractivity contribution >= 4 is 70.0 Å². The molecule has 108 valence electrons. The number of alkyl halides is 4. The molecule has 0 unspecified atom stereocenters. The van der Waals surface area contributed by atoms with Gasteiger partial charge in [-0.25, -0.2) is 4.79 Å². The molecule has 0 saturated carbocycles. The summed E-state index contributed by atoms with van der Waals surface area (Å²) in [7, 11) is 0. The second kappa shape index (κ2) is 4.73. The van der Waals surface area contributed by atoms with Crippen LogP contribution < -0.4 is 0 Å². The number of rotatable bonds is 2. The molecule has 0 radical (unpaired) electrons. The van der Waals surface area contributed by atoms with Gasteiger partial charge in [-0.15, -0.1) is 11.8 Å². The van der Waals surface area contributed by atoms with Crippen molar-refractivity contribution in [3.05, 3.63) is 0 Å². The number of hydrogen-bond donors (Lipinski definition) is 0. The van der Waals surface area contributed by atoms with Gasteiger partial charge in [0.1, 0.15) is 6.61 Å². The summed E-state index contributed by atoms with van der Waals surface area (Å²) in [5.74, 6) is -0.947. The third kappa shape index (κ3) is 2.53. The average molecular weight is 367 g/mol.